The van der Waals surface area contributed by atoms with Crippen molar-refractivity contribution in [2.24, 2.45) is 0 Å². The molecule has 1 heterocycles. The summed E-state index contributed by atoms with van der Waals surface area (Å²) >= 11 is 12.1. The number of nitrogens with one attached hydrogen (secondary N) is 1. The third kappa shape index (κ3) is 3.54. The van der Waals surface area contributed by atoms with Crippen molar-refractivity contribution in [1.29, 1.82) is 0 Å². The van der Waals surface area contributed by atoms with E-state index >= 15 is 0 Å². The van der Waals surface area contributed by atoms with Gasteiger partial charge in [0, 0.05) is 19.5 Å². The van der Waals surface area contributed by atoms with Crippen LogP contribution >= 0.6 is 23.2 Å². The molecule has 0 aliphatic rings. The Balaban J connectivity index is 2.13. The molecule has 0 fully saturated rings. The summed E-state index contributed by atoms with van der Waals surface area (Å²) in [7, 11) is 1.67. The first kappa shape index (κ1) is 15.8. The van der Waals surface area contributed by atoms with Gasteiger partial charge in [0.15, 0.2) is 0 Å². The summed E-state index contributed by atoms with van der Waals surface area (Å²) in [4.78, 5) is 18.0. The molecule has 1 aromatic carbocycles. The Labute approximate surface area is 133 Å². The number of amides is 1. The predicted octanol–water partition coefficient (Wildman–Crippen LogP) is 3.51. The molecular formula is C14H16Cl2N4O. The average molecular weight is 327 g/mol. The second kappa shape index (κ2) is 6.45. The van der Waals surface area contributed by atoms with Crippen molar-refractivity contribution < 1.29 is 4.79 Å². The van der Waals surface area contributed by atoms with Gasteiger partial charge in [0.1, 0.15) is 5.82 Å². The van der Waals surface area contributed by atoms with Gasteiger partial charge >= 0.3 is 0 Å². The monoisotopic (exact) mass is 326 g/mol. The fraction of sp³-hybridized carbons (Fsp3) is 0.357. The predicted molar refractivity (Wildman–Crippen MR) is 82.7 cm³/mol. The average Bonchev–Trinajstić information content (AvgIpc) is 2.93. The fourth-order valence-electron chi connectivity index (χ4n) is 1.80. The summed E-state index contributed by atoms with van der Waals surface area (Å²) in [5, 5.41) is 7.65. The SMILES string of the molecule is CC(C)c1nc(C(=O)N(C)Cc2cccc(Cl)c2Cl)n[nH]1. The fourth-order valence-corrected chi connectivity index (χ4v) is 2.18. The number of hydrogen-bond acceptors (Lipinski definition) is 3. The molecule has 0 unspecified atom stereocenters. The van der Waals surface area contributed by atoms with Crippen molar-refractivity contribution in [2.75, 3.05) is 7.05 Å². The van der Waals surface area contributed by atoms with Crippen LogP contribution in [0.5, 0.6) is 0 Å². The number of nitrogens with zero attached hydrogens (tertiary/aromatic N) is 3. The van der Waals surface area contributed by atoms with Crippen LogP contribution in [0.15, 0.2) is 18.2 Å². The van der Waals surface area contributed by atoms with Crippen molar-refractivity contribution in [3.63, 3.8) is 0 Å². The zero-order valence-electron chi connectivity index (χ0n) is 12.0. The highest BCUT2D eigenvalue weighted by Gasteiger charge is 2.19. The lowest BCUT2D eigenvalue weighted by Crippen LogP contribution is -2.27. The number of aromatic amines is 1. The van der Waals surface area contributed by atoms with Crippen LogP contribution in [-0.2, 0) is 6.54 Å². The van der Waals surface area contributed by atoms with Crippen LogP contribution in [0.25, 0.3) is 0 Å². The molecule has 1 amide bonds. The molecule has 0 radical (unpaired) electrons. The van der Waals surface area contributed by atoms with E-state index < -0.39 is 0 Å². The number of benzene rings is 1. The maximum Gasteiger partial charge on any atom is 0.293 e. The number of carbonyl (C=O) groups is 1. The summed E-state index contributed by atoms with van der Waals surface area (Å²) in [6.45, 7) is 4.29. The molecule has 2 rings (SSSR count). The molecule has 1 N–H and O–H groups in total. The molecule has 5 nitrogen and oxygen atoms in total. The van der Waals surface area contributed by atoms with Crippen LogP contribution in [0.1, 0.15) is 41.8 Å². The number of aromatic nitrogens is 3. The van der Waals surface area contributed by atoms with Crippen molar-refractivity contribution in [3.05, 3.63) is 45.5 Å². The van der Waals surface area contributed by atoms with Crippen LogP contribution in [-0.4, -0.2) is 33.0 Å². The van der Waals surface area contributed by atoms with Gasteiger partial charge < -0.3 is 4.90 Å². The maximum atomic E-state index is 12.3. The molecule has 0 saturated carbocycles. The van der Waals surface area contributed by atoms with Crippen LogP contribution in [0.3, 0.4) is 0 Å². The second-order valence-electron chi connectivity index (χ2n) is 5.07. The Hall–Kier alpha value is -1.59. The number of carbonyl (C=O) groups excluding carboxylic acids is 1. The van der Waals surface area contributed by atoms with E-state index in [1.807, 2.05) is 19.9 Å². The van der Waals surface area contributed by atoms with Gasteiger partial charge in [0.2, 0.25) is 5.82 Å². The molecule has 7 heteroatoms. The Bertz CT molecular complexity index is 654. The van der Waals surface area contributed by atoms with E-state index in [-0.39, 0.29) is 17.6 Å². The normalized spacial score (nSPS) is 11.0. The topological polar surface area (TPSA) is 61.9 Å². The first-order valence-electron chi connectivity index (χ1n) is 6.50. The van der Waals surface area contributed by atoms with Gasteiger partial charge in [0.05, 0.1) is 10.0 Å². The quantitative estimate of drug-likeness (QED) is 0.935. The van der Waals surface area contributed by atoms with Crippen molar-refractivity contribution in [2.45, 2.75) is 26.3 Å². The second-order valence-corrected chi connectivity index (χ2v) is 5.86. The molecule has 0 aliphatic carbocycles. The van der Waals surface area contributed by atoms with Crippen LogP contribution in [0.2, 0.25) is 10.0 Å². The standard InChI is InChI=1S/C14H16Cl2N4O/c1-8(2)12-17-13(19-18-12)14(21)20(3)7-9-5-4-6-10(15)11(9)16/h4-6,8H,7H2,1-3H3,(H,17,18,19). The minimum Gasteiger partial charge on any atom is -0.335 e. The Morgan fingerprint density at radius 1 is 1.38 bits per heavy atom. The number of H-pyrrole nitrogens is 1. The summed E-state index contributed by atoms with van der Waals surface area (Å²) in [5.41, 5.74) is 0.777. The zero-order valence-corrected chi connectivity index (χ0v) is 13.5. The first-order chi connectivity index (χ1) is 9.90. The van der Waals surface area contributed by atoms with E-state index in [0.717, 1.165) is 5.56 Å². The van der Waals surface area contributed by atoms with Crippen molar-refractivity contribution in [3.8, 4) is 0 Å². The molecule has 0 bridgehead atoms. The highest BCUT2D eigenvalue weighted by Crippen LogP contribution is 2.26. The summed E-state index contributed by atoms with van der Waals surface area (Å²) < 4.78 is 0. The van der Waals surface area contributed by atoms with E-state index in [1.165, 1.54) is 4.90 Å². The number of rotatable bonds is 4. The van der Waals surface area contributed by atoms with Gasteiger partial charge in [-0.3, -0.25) is 9.89 Å². The van der Waals surface area contributed by atoms with Gasteiger partial charge in [-0.2, -0.15) is 0 Å². The van der Waals surface area contributed by atoms with E-state index in [4.69, 9.17) is 23.2 Å². The third-order valence-electron chi connectivity index (χ3n) is 3.03. The maximum absolute atomic E-state index is 12.3. The molecule has 0 spiro atoms. The molecule has 2 aromatic rings. The molecule has 0 saturated heterocycles. The van der Waals surface area contributed by atoms with E-state index in [1.54, 1.807) is 19.2 Å². The number of halogens is 2. The van der Waals surface area contributed by atoms with Gasteiger partial charge in [0.25, 0.3) is 5.91 Å². The minimum absolute atomic E-state index is 0.152. The van der Waals surface area contributed by atoms with Gasteiger partial charge in [-0.25, -0.2) is 4.98 Å². The van der Waals surface area contributed by atoms with Gasteiger partial charge in [-0.1, -0.05) is 49.2 Å². The van der Waals surface area contributed by atoms with Crippen LogP contribution in [0.4, 0.5) is 0 Å². The highest BCUT2D eigenvalue weighted by molar-refractivity contribution is 6.42. The first-order valence-corrected chi connectivity index (χ1v) is 7.26. The summed E-state index contributed by atoms with van der Waals surface area (Å²) in [5.74, 6) is 0.757. The molecular weight excluding hydrogens is 311 g/mol. The molecule has 112 valence electrons. The smallest absolute Gasteiger partial charge is 0.293 e. The van der Waals surface area contributed by atoms with Crippen LogP contribution < -0.4 is 0 Å². The van der Waals surface area contributed by atoms with E-state index in [0.29, 0.717) is 22.4 Å². The minimum atomic E-state index is -0.269. The van der Waals surface area contributed by atoms with Crippen LogP contribution in [0, 0.1) is 0 Å². The lowest BCUT2D eigenvalue weighted by atomic mass is 10.2. The van der Waals surface area contributed by atoms with Gasteiger partial charge in [-0.15, -0.1) is 5.10 Å². The van der Waals surface area contributed by atoms with Crippen molar-refractivity contribution in [1.82, 2.24) is 20.1 Å². The third-order valence-corrected chi connectivity index (χ3v) is 3.88. The Kier molecular flexibility index (Phi) is 4.85. The lowest BCUT2D eigenvalue weighted by Gasteiger charge is -2.16. The lowest BCUT2D eigenvalue weighted by molar-refractivity contribution is 0.0773. The molecule has 0 aliphatic heterocycles. The molecule has 21 heavy (non-hydrogen) atoms. The molecule has 0 atom stereocenters. The van der Waals surface area contributed by atoms with Crippen molar-refractivity contribution >= 4 is 29.1 Å². The summed E-state index contributed by atoms with van der Waals surface area (Å²) in [6.07, 6.45) is 0. The Morgan fingerprint density at radius 2 is 2.10 bits per heavy atom. The molecule has 1 aromatic heterocycles. The zero-order chi connectivity index (χ0) is 15.6. The van der Waals surface area contributed by atoms with E-state index in [9.17, 15) is 4.79 Å². The Morgan fingerprint density at radius 3 is 2.71 bits per heavy atom. The number of hydrogen-bond donors (Lipinski definition) is 1. The van der Waals surface area contributed by atoms with E-state index in [2.05, 4.69) is 15.2 Å². The van der Waals surface area contributed by atoms with Gasteiger partial charge in [-0.05, 0) is 11.6 Å². The highest BCUT2D eigenvalue weighted by atomic mass is 35.5. The largest absolute Gasteiger partial charge is 0.335 e. The summed E-state index contributed by atoms with van der Waals surface area (Å²) in [6, 6.07) is 5.33.